The number of imidazole rings is 1. The summed E-state index contributed by atoms with van der Waals surface area (Å²) < 4.78 is 5.70. The van der Waals surface area contributed by atoms with E-state index in [0.29, 0.717) is 25.3 Å². The molecule has 2 N–H and O–H groups in total. The summed E-state index contributed by atoms with van der Waals surface area (Å²) in [6.45, 7) is 8.62. The van der Waals surface area contributed by atoms with Crippen molar-refractivity contribution >= 4 is 16.9 Å². The van der Waals surface area contributed by atoms with Crippen molar-refractivity contribution in [2.75, 3.05) is 0 Å². The van der Waals surface area contributed by atoms with Gasteiger partial charge in [0, 0.05) is 18.3 Å². The SMILES string of the molecule is Cc1ccc2nc(CNC(=O)CCc3ncc(C(C)(C)C)o3)[nH]c2c1. The van der Waals surface area contributed by atoms with Gasteiger partial charge < -0.3 is 14.7 Å². The third kappa shape index (κ3) is 4.26. The Hall–Kier alpha value is -2.63. The number of aromatic amines is 1. The molecule has 0 spiro atoms. The van der Waals surface area contributed by atoms with Crippen LogP contribution < -0.4 is 5.32 Å². The number of nitrogens with zero attached hydrogens (tertiary/aromatic N) is 2. The Kier molecular flexibility index (Phi) is 4.61. The number of carbonyl (C=O) groups is 1. The highest BCUT2D eigenvalue weighted by Crippen LogP contribution is 2.23. The van der Waals surface area contributed by atoms with Crippen molar-refractivity contribution in [2.45, 2.75) is 52.5 Å². The van der Waals surface area contributed by atoms with Gasteiger partial charge in [-0.05, 0) is 24.6 Å². The van der Waals surface area contributed by atoms with Gasteiger partial charge in [-0.3, -0.25) is 4.79 Å². The number of amides is 1. The molecule has 25 heavy (non-hydrogen) atoms. The van der Waals surface area contributed by atoms with E-state index in [-0.39, 0.29) is 11.3 Å². The average Bonchev–Trinajstić information content (AvgIpc) is 3.16. The molecule has 0 bridgehead atoms. The van der Waals surface area contributed by atoms with Gasteiger partial charge in [0.2, 0.25) is 5.91 Å². The van der Waals surface area contributed by atoms with Crippen LogP contribution in [0.4, 0.5) is 0 Å². The second-order valence-corrected chi connectivity index (χ2v) is 7.35. The minimum absolute atomic E-state index is 0.0489. The predicted molar refractivity (Wildman–Crippen MR) is 96.2 cm³/mol. The molecule has 0 fully saturated rings. The number of aromatic nitrogens is 3. The molecule has 0 atom stereocenters. The first-order valence-electron chi connectivity index (χ1n) is 8.48. The molecule has 6 nitrogen and oxygen atoms in total. The summed E-state index contributed by atoms with van der Waals surface area (Å²) in [5.74, 6) is 2.13. The highest BCUT2D eigenvalue weighted by atomic mass is 16.4. The Bertz CT molecular complexity index is 886. The first-order valence-corrected chi connectivity index (χ1v) is 8.48. The number of hydrogen-bond acceptors (Lipinski definition) is 4. The first-order chi connectivity index (χ1) is 11.8. The number of aryl methyl sites for hydroxylation is 2. The van der Waals surface area contributed by atoms with Gasteiger partial charge in [0.05, 0.1) is 23.8 Å². The number of carbonyl (C=O) groups excluding carboxylic acids is 1. The van der Waals surface area contributed by atoms with Gasteiger partial charge in [0.15, 0.2) is 5.89 Å². The van der Waals surface area contributed by atoms with Crippen LogP contribution in [0.5, 0.6) is 0 Å². The Morgan fingerprint density at radius 2 is 2.12 bits per heavy atom. The van der Waals surface area contributed by atoms with E-state index in [1.807, 2.05) is 25.1 Å². The van der Waals surface area contributed by atoms with E-state index >= 15 is 0 Å². The number of benzene rings is 1. The highest BCUT2D eigenvalue weighted by Gasteiger charge is 2.19. The van der Waals surface area contributed by atoms with Crippen LogP contribution >= 0.6 is 0 Å². The van der Waals surface area contributed by atoms with Crippen LogP contribution in [0, 0.1) is 6.92 Å². The van der Waals surface area contributed by atoms with Crippen molar-refractivity contribution in [3.8, 4) is 0 Å². The second-order valence-electron chi connectivity index (χ2n) is 7.35. The molecular weight excluding hydrogens is 316 g/mol. The lowest BCUT2D eigenvalue weighted by Crippen LogP contribution is -2.23. The summed E-state index contributed by atoms with van der Waals surface area (Å²) in [6, 6.07) is 6.04. The third-order valence-corrected chi connectivity index (χ3v) is 4.00. The van der Waals surface area contributed by atoms with Gasteiger partial charge in [-0.15, -0.1) is 0 Å². The van der Waals surface area contributed by atoms with Gasteiger partial charge >= 0.3 is 0 Å². The monoisotopic (exact) mass is 340 g/mol. The maximum absolute atomic E-state index is 12.0. The standard InChI is InChI=1S/C19H24N4O2/c1-12-5-6-13-14(9-12)23-16(22-13)11-20-17(24)7-8-18-21-10-15(25-18)19(2,3)4/h5-6,9-10H,7-8,11H2,1-4H3,(H,20,24)(H,22,23). The number of H-pyrrole nitrogens is 1. The highest BCUT2D eigenvalue weighted by molar-refractivity contribution is 5.77. The zero-order chi connectivity index (χ0) is 18.0. The summed E-state index contributed by atoms with van der Waals surface area (Å²) in [4.78, 5) is 24.0. The molecule has 0 saturated carbocycles. The summed E-state index contributed by atoms with van der Waals surface area (Å²) in [5, 5.41) is 2.88. The second kappa shape index (κ2) is 6.70. The molecule has 3 aromatic rings. The molecule has 3 rings (SSSR count). The number of rotatable bonds is 5. The van der Waals surface area contributed by atoms with Crippen molar-refractivity contribution < 1.29 is 9.21 Å². The smallest absolute Gasteiger partial charge is 0.220 e. The fraction of sp³-hybridized carbons (Fsp3) is 0.421. The Balaban J connectivity index is 1.51. The molecule has 2 aromatic heterocycles. The summed E-state index contributed by atoms with van der Waals surface area (Å²) in [5.41, 5.74) is 2.99. The Morgan fingerprint density at radius 3 is 2.84 bits per heavy atom. The fourth-order valence-corrected chi connectivity index (χ4v) is 2.52. The lowest BCUT2D eigenvalue weighted by Gasteiger charge is -2.13. The molecule has 0 unspecified atom stereocenters. The van der Waals surface area contributed by atoms with Crippen LogP contribution in [0.3, 0.4) is 0 Å². The summed E-state index contributed by atoms with van der Waals surface area (Å²) in [7, 11) is 0. The fourth-order valence-electron chi connectivity index (χ4n) is 2.52. The minimum Gasteiger partial charge on any atom is -0.445 e. The van der Waals surface area contributed by atoms with Crippen LogP contribution in [0.15, 0.2) is 28.8 Å². The molecular formula is C19H24N4O2. The Morgan fingerprint density at radius 1 is 1.32 bits per heavy atom. The summed E-state index contributed by atoms with van der Waals surface area (Å²) in [6.07, 6.45) is 2.56. The van der Waals surface area contributed by atoms with Crippen LogP contribution in [0.25, 0.3) is 11.0 Å². The van der Waals surface area contributed by atoms with E-state index in [9.17, 15) is 4.79 Å². The molecule has 1 aromatic carbocycles. The van der Waals surface area contributed by atoms with Crippen molar-refractivity contribution in [3.05, 3.63) is 47.4 Å². The van der Waals surface area contributed by atoms with Crippen molar-refractivity contribution in [3.63, 3.8) is 0 Å². The van der Waals surface area contributed by atoms with E-state index in [4.69, 9.17) is 4.42 Å². The molecule has 132 valence electrons. The normalized spacial score (nSPS) is 11.8. The van der Waals surface area contributed by atoms with Crippen LogP contribution in [-0.2, 0) is 23.2 Å². The third-order valence-electron chi connectivity index (χ3n) is 4.00. The molecule has 0 aliphatic rings. The maximum Gasteiger partial charge on any atom is 0.220 e. The maximum atomic E-state index is 12.0. The lowest BCUT2D eigenvalue weighted by molar-refractivity contribution is -0.121. The topological polar surface area (TPSA) is 83.8 Å². The van der Waals surface area contributed by atoms with Crippen molar-refractivity contribution in [1.82, 2.24) is 20.3 Å². The number of nitrogens with one attached hydrogen (secondary N) is 2. The molecule has 6 heteroatoms. The van der Waals surface area contributed by atoms with Gasteiger partial charge in [0.25, 0.3) is 0 Å². The molecule has 0 aliphatic heterocycles. The summed E-state index contributed by atoms with van der Waals surface area (Å²) >= 11 is 0. The van der Waals surface area contributed by atoms with Gasteiger partial charge in [-0.25, -0.2) is 9.97 Å². The van der Waals surface area contributed by atoms with E-state index in [2.05, 4.69) is 41.0 Å². The number of hydrogen-bond donors (Lipinski definition) is 2. The Labute approximate surface area is 147 Å². The zero-order valence-electron chi connectivity index (χ0n) is 15.1. The minimum atomic E-state index is -0.0762. The van der Waals surface area contributed by atoms with Crippen LogP contribution in [0.2, 0.25) is 0 Å². The van der Waals surface area contributed by atoms with E-state index in [0.717, 1.165) is 22.6 Å². The van der Waals surface area contributed by atoms with Gasteiger partial charge in [-0.2, -0.15) is 0 Å². The molecule has 0 aliphatic carbocycles. The van der Waals surface area contributed by atoms with E-state index < -0.39 is 0 Å². The van der Waals surface area contributed by atoms with Gasteiger partial charge in [0.1, 0.15) is 11.6 Å². The van der Waals surface area contributed by atoms with E-state index in [1.165, 1.54) is 5.56 Å². The van der Waals surface area contributed by atoms with E-state index in [1.54, 1.807) is 6.20 Å². The quantitative estimate of drug-likeness (QED) is 0.745. The van der Waals surface area contributed by atoms with Crippen LogP contribution in [0.1, 0.15) is 50.2 Å². The van der Waals surface area contributed by atoms with Crippen molar-refractivity contribution in [1.29, 1.82) is 0 Å². The molecule has 0 radical (unpaired) electrons. The predicted octanol–water partition coefficient (Wildman–Crippen LogP) is 3.41. The molecule has 1 amide bonds. The number of oxazole rings is 1. The average molecular weight is 340 g/mol. The molecule has 2 heterocycles. The van der Waals surface area contributed by atoms with Crippen molar-refractivity contribution in [2.24, 2.45) is 0 Å². The van der Waals surface area contributed by atoms with Crippen LogP contribution in [-0.4, -0.2) is 20.9 Å². The lowest BCUT2D eigenvalue weighted by atomic mass is 9.94. The molecule has 0 saturated heterocycles. The number of fused-ring (bicyclic) bond motifs is 1. The zero-order valence-corrected chi connectivity index (χ0v) is 15.1. The largest absolute Gasteiger partial charge is 0.445 e. The first kappa shape index (κ1) is 17.2. The van der Waals surface area contributed by atoms with Gasteiger partial charge in [-0.1, -0.05) is 26.8 Å².